The summed E-state index contributed by atoms with van der Waals surface area (Å²) in [5.74, 6) is 0. The van der Waals surface area contributed by atoms with E-state index in [1.165, 1.54) is 18.2 Å². The van der Waals surface area contributed by atoms with Gasteiger partial charge in [0.2, 0.25) is 0 Å². The Kier molecular flexibility index (Phi) is 4.03. The second kappa shape index (κ2) is 6.30. The summed E-state index contributed by atoms with van der Waals surface area (Å²) in [6.45, 7) is 4.24. The molecule has 0 saturated heterocycles. The Balaban J connectivity index is 1.99. The van der Waals surface area contributed by atoms with E-state index < -0.39 is 10.5 Å². The Morgan fingerprint density at radius 3 is 2.71 bits per heavy atom. The van der Waals surface area contributed by atoms with Crippen LogP contribution in [-0.4, -0.2) is 23.2 Å². The average molecular weight is 377 g/mol. The fraction of sp³-hybridized carbons (Fsp3) is 0.238. The fourth-order valence-electron chi connectivity index (χ4n) is 3.59. The van der Waals surface area contributed by atoms with Gasteiger partial charge < -0.3 is 9.32 Å². The SMILES string of the molecule is CN1c2ccc3oc(=O)ccc3c2C(=Nc2cccc([N+](=O)[O-])c2)CC1(C)C. The minimum Gasteiger partial charge on any atom is -0.423 e. The molecule has 0 bridgehead atoms. The van der Waals surface area contributed by atoms with E-state index in [9.17, 15) is 14.9 Å². The smallest absolute Gasteiger partial charge is 0.336 e. The van der Waals surface area contributed by atoms with Crippen LogP contribution in [0.1, 0.15) is 25.8 Å². The number of nitro benzene ring substituents is 1. The molecular formula is C21H19N3O4. The molecule has 0 spiro atoms. The Bertz CT molecular complexity index is 1190. The van der Waals surface area contributed by atoms with Crippen LogP contribution in [0.25, 0.3) is 11.0 Å². The van der Waals surface area contributed by atoms with E-state index in [2.05, 4.69) is 18.7 Å². The lowest BCUT2D eigenvalue weighted by molar-refractivity contribution is -0.384. The maximum absolute atomic E-state index is 11.6. The molecule has 4 rings (SSSR count). The van der Waals surface area contributed by atoms with Gasteiger partial charge in [-0.15, -0.1) is 0 Å². The summed E-state index contributed by atoms with van der Waals surface area (Å²) < 4.78 is 5.35. The van der Waals surface area contributed by atoms with Crippen molar-refractivity contribution in [3.63, 3.8) is 0 Å². The van der Waals surface area contributed by atoms with Gasteiger partial charge in [0.25, 0.3) is 5.69 Å². The minimum atomic E-state index is -0.430. The summed E-state index contributed by atoms with van der Waals surface area (Å²) in [4.78, 5) is 29.2. The molecule has 0 N–H and O–H groups in total. The third-order valence-electron chi connectivity index (χ3n) is 5.24. The van der Waals surface area contributed by atoms with Gasteiger partial charge in [0, 0.05) is 53.8 Å². The highest BCUT2D eigenvalue weighted by molar-refractivity contribution is 6.17. The van der Waals surface area contributed by atoms with E-state index in [1.807, 2.05) is 13.1 Å². The lowest BCUT2D eigenvalue weighted by Crippen LogP contribution is -2.47. The predicted molar refractivity (Wildman–Crippen MR) is 109 cm³/mol. The summed E-state index contributed by atoms with van der Waals surface area (Å²) in [7, 11) is 2.02. The zero-order valence-corrected chi connectivity index (χ0v) is 15.8. The molecule has 1 aliphatic rings. The molecule has 0 fully saturated rings. The number of nitrogens with zero attached hydrogens (tertiary/aromatic N) is 3. The molecule has 0 unspecified atom stereocenters. The maximum Gasteiger partial charge on any atom is 0.336 e. The van der Waals surface area contributed by atoms with E-state index in [1.54, 1.807) is 24.3 Å². The van der Waals surface area contributed by atoms with Gasteiger partial charge in [0.15, 0.2) is 0 Å². The predicted octanol–water partition coefficient (Wildman–Crippen LogP) is 4.44. The summed E-state index contributed by atoms with van der Waals surface area (Å²) in [6.07, 6.45) is 0.636. The molecule has 1 aliphatic heterocycles. The number of fused-ring (bicyclic) bond motifs is 3. The van der Waals surface area contributed by atoms with Crippen molar-refractivity contribution >= 4 is 33.7 Å². The third-order valence-corrected chi connectivity index (χ3v) is 5.24. The first-order valence-electron chi connectivity index (χ1n) is 8.89. The monoisotopic (exact) mass is 377 g/mol. The second-order valence-corrected chi connectivity index (χ2v) is 7.51. The second-order valence-electron chi connectivity index (χ2n) is 7.51. The molecule has 0 saturated carbocycles. The van der Waals surface area contributed by atoms with Gasteiger partial charge in [-0.2, -0.15) is 0 Å². The lowest BCUT2D eigenvalue weighted by Gasteiger charge is -2.43. The zero-order chi connectivity index (χ0) is 20.1. The van der Waals surface area contributed by atoms with Crippen molar-refractivity contribution in [2.24, 2.45) is 4.99 Å². The van der Waals surface area contributed by atoms with E-state index in [0.29, 0.717) is 17.7 Å². The first kappa shape index (κ1) is 17.9. The van der Waals surface area contributed by atoms with E-state index in [4.69, 9.17) is 9.41 Å². The molecule has 7 heteroatoms. The molecule has 1 aromatic heterocycles. The number of hydrogen-bond acceptors (Lipinski definition) is 6. The number of rotatable bonds is 2. The largest absolute Gasteiger partial charge is 0.423 e. The Hall–Kier alpha value is -3.48. The number of hydrogen-bond donors (Lipinski definition) is 0. The minimum absolute atomic E-state index is 0.00169. The van der Waals surface area contributed by atoms with Crippen LogP contribution in [0.2, 0.25) is 0 Å². The van der Waals surface area contributed by atoms with E-state index in [0.717, 1.165) is 22.3 Å². The molecular weight excluding hydrogens is 358 g/mol. The van der Waals surface area contributed by atoms with Gasteiger partial charge in [0.1, 0.15) is 5.58 Å². The first-order chi connectivity index (χ1) is 13.3. The van der Waals surface area contributed by atoms with Crippen LogP contribution in [0, 0.1) is 10.1 Å². The molecule has 2 aromatic carbocycles. The van der Waals surface area contributed by atoms with Crippen LogP contribution >= 0.6 is 0 Å². The van der Waals surface area contributed by atoms with Crippen molar-refractivity contribution in [1.82, 2.24) is 0 Å². The highest BCUT2D eigenvalue weighted by atomic mass is 16.6. The topological polar surface area (TPSA) is 89.0 Å². The van der Waals surface area contributed by atoms with Gasteiger partial charge >= 0.3 is 5.63 Å². The van der Waals surface area contributed by atoms with Crippen molar-refractivity contribution in [2.45, 2.75) is 25.8 Å². The Morgan fingerprint density at radius 2 is 1.96 bits per heavy atom. The van der Waals surface area contributed by atoms with Crippen molar-refractivity contribution in [1.29, 1.82) is 0 Å². The van der Waals surface area contributed by atoms with Crippen molar-refractivity contribution in [3.05, 3.63) is 74.6 Å². The van der Waals surface area contributed by atoms with Crippen molar-refractivity contribution in [3.8, 4) is 0 Å². The molecule has 0 amide bonds. The van der Waals surface area contributed by atoms with Crippen LogP contribution in [-0.2, 0) is 0 Å². The van der Waals surface area contributed by atoms with Gasteiger partial charge in [-0.1, -0.05) is 6.07 Å². The summed E-state index contributed by atoms with van der Waals surface area (Å²) in [6, 6.07) is 13.1. The van der Waals surface area contributed by atoms with E-state index in [-0.39, 0.29) is 11.2 Å². The molecule has 2 heterocycles. The van der Waals surface area contributed by atoms with Crippen LogP contribution in [0.4, 0.5) is 17.1 Å². The molecule has 0 atom stereocenters. The lowest BCUT2D eigenvalue weighted by atomic mass is 9.84. The molecule has 3 aromatic rings. The summed E-state index contributed by atoms with van der Waals surface area (Å²) in [5, 5.41) is 11.9. The zero-order valence-electron chi connectivity index (χ0n) is 15.8. The fourth-order valence-corrected chi connectivity index (χ4v) is 3.59. The Labute approximate surface area is 161 Å². The molecule has 0 radical (unpaired) electrons. The highest BCUT2D eigenvalue weighted by Gasteiger charge is 2.35. The average Bonchev–Trinajstić information content (AvgIpc) is 2.65. The van der Waals surface area contributed by atoms with Gasteiger partial charge in [-0.05, 0) is 38.1 Å². The normalized spacial score (nSPS) is 17.0. The third kappa shape index (κ3) is 2.94. The summed E-state index contributed by atoms with van der Waals surface area (Å²) in [5.41, 5.74) is 3.06. The number of non-ortho nitro benzene ring substituents is 1. The van der Waals surface area contributed by atoms with Crippen LogP contribution in [0.3, 0.4) is 0 Å². The molecule has 28 heavy (non-hydrogen) atoms. The van der Waals surface area contributed by atoms with Gasteiger partial charge in [-0.3, -0.25) is 15.1 Å². The molecule has 0 aliphatic carbocycles. The Morgan fingerprint density at radius 1 is 1.18 bits per heavy atom. The number of benzene rings is 2. The van der Waals surface area contributed by atoms with Crippen LogP contribution in [0.15, 0.2) is 62.7 Å². The quantitative estimate of drug-likeness (QED) is 0.374. The van der Waals surface area contributed by atoms with E-state index >= 15 is 0 Å². The first-order valence-corrected chi connectivity index (χ1v) is 8.89. The number of anilines is 1. The van der Waals surface area contributed by atoms with Crippen LogP contribution in [0.5, 0.6) is 0 Å². The van der Waals surface area contributed by atoms with Crippen molar-refractivity contribution in [2.75, 3.05) is 11.9 Å². The maximum atomic E-state index is 11.6. The highest BCUT2D eigenvalue weighted by Crippen LogP contribution is 2.40. The van der Waals surface area contributed by atoms with Gasteiger partial charge in [0.05, 0.1) is 16.3 Å². The molecule has 7 nitrogen and oxygen atoms in total. The van der Waals surface area contributed by atoms with Crippen molar-refractivity contribution < 1.29 is 9.34 Å². The standard InChI is InChI=1S/C21H19N3O4/c1-21(2)12-16(22-13-5-4-6-14(11-13)24(26)27)20-15-7-10-19(25)28-18(15)9-8-17(20)23(21)3/h4-11H,12H2,1-3H3. The molecule has 142 valence electrons. The van der Waals surface area contributed by atoms with Crippen LogP contribution < -0.4 is 10.5 Å². The summed E-state index contributed by atoms with van der Waals surface area (Å²) >= 11 is 0. The van der Waals surface area contributed by atoms with Gasteiger partial charge in [-0.25, -0.2) is 4.79 Å². The number of aliphatic imine (C=N–C) groups is 1. The number of nitro groups is 1.